The molecule has 0 aliphatic carbocycles. The molecular weight excluding hydrogens is 210 g/mol. The lowest BCUT2D eigenvalue weighted by atomic mass is 10.0. The lowest BCUT2D eigenvalue weighted by molar-refractivity contribution is -0.144. The molecule has 5 nitrogen and oxygen atoms in total. The maximum absolute atomic E-state index is 11.5. The number of carbonyl (C=O) groups is 2. The summed E-state index contributed by atoms with van der Waals surface area (Å²) in [4.78, 5) is 23.9. The van der Waals surface area contributed by atoms with Gasteiger partial charge in [0.15, 0.2) is 0 Å². The van der Waals surface area contributed by atoms with Gasteiger partial charge in [-0.15, -0.1) is 6.42 Å². The highest BCUT2D eigenvalue weighted by Crippen LogP contribution is 2.20. The van der Waals surface area contributed by atoms with E-state index in [4.69, 9.17) is 16.3 Å². The van der Waals surface area contributed by atoms with Crippen LogP contribution in [0.2, 0.25) is 0 Å². The topological polar surface area (TPSA) is 66.8 Å². The Bertz CT molecular complexity index is 320. The van der Waals surface area contributed by atoms with Crippen molar-refractivity contribution in [2.45, 2.75) is 19.4 Å². The first-order chi connectivity index (χ1) is 7.61. The van der Waals surface area contributed by atoms with E-state index >= 15 is 0 Å². The van der Waals surface area contributed by atoms with Crippen LogP contribution >= 0.6 is 0 Å². The molecule has 0 aromatic carbocycles. The van der Waals surface area contributed by atoms with Gasteiger partial charge < -0.3 is 14.7 Å². The minimum absolute atomic E-state index is 0.137. The van der Waals surface area contributed by atoms with Crippen molar-refractivity contribution < 1.29 is 19.4 Å². The summed E-state index contributed by atoms with van der Waals surface area (Å²) in [7, 11) is 0. The fourth-order valence-corrected chi connectivity index (χ4v) is 1.83. The van der Waals surface area contributed by atoms with Gasteiger partial charge in [0, 0.05) is 6.54 Å². The molecule has 1 aliphatic heterocycles. The van der Waals surface area contributed by atoms with Gasteiger partial charge in [-0.2, -0.15) is 0 Å². The quantitative estimate of drug-likeness (QED) is 0.682. The van der Waals surface area contributed by atoms with Gasteiger partial charge in [0.05, 0.1) is 19.3 Å². The molecule has 0 aromatic rings. The van der Waals surface area contributed by atoms with E-state index in [2.05, 4.69) is 0 Å². The molecule has 0 spiro atoms. The third-order valence-electron chi connectivity index (χ3n) is 2.62. The smallest absolute Gasteiger partial charge is 0.311 e. The van der Waals surface area contributed by atoms with Crippen molar-refractivity contribution in [1.29, 1.82) is 0 Å². The molecule has 1 saturated heterocycles. The van der Waals surface area contributed by atoms with Crippen LogP contribution < -0.4 is 0 Å². The average Bonchev–Trinajstić information content (AvgIpc) is 2.73. The Morgan fingerprint density at radius 3 is 2.75 bits per heavy atom. The van der Waals surface area contributed by atoms with Gasteiger partial charge in [0.25, 0.3) is 5.91 Å². The maximum Gasteiger partial charge on any atom is 0.311 e. The fourth-order valence-electron chi connectivity index (χ4n) is 1.83. The number of carboxylic acids is 1. The van der Waals surface area contributed by atoms with Crippen LogP contribution in [0, 0.1) is 18.3 Å². The molecule has 1 amide bonds. The summed E-state index contributed by atoms with van der Waals surface area (Å²) in [5.41, 5.74) is 0. The number of carboxylic acid groups (broad SMARTS) is 1. The standard InChI is InChI=1S/C11H15NO4/c1-3-5-12(10(13)4-2)9-7-16-6-8(9)11(14)15/h2,8-9H,3,5-7H2,1H3,(H,14,15). The summed E-state index contributed by atoms with van der Waals surface area (Å²) in [5.74, 6) is -0.0717. The van der Waals surface area contributed by atoms with Crippen LogP contribution in [-0.4, -0.2) is 47.7 Å². The monoisotopic (exact) mass is 225 g/mol. The lowest BCUT2D eigenvalue weighted by Gasteiger charge is -2.28. The predicted octanol–water partition coefficient (Wildman–Crippen LogP) is -0.0422. The number of terminal acetylenes is 1. The Morgan fingerprint density at radius 2 is 2.25 bits per heavy atom. The minimum Gasteiger partial charge on any atom is -0.481 e. The van der Waals surface area contributed by atoms with Crippen LogP contribution in [0.3, 0.4) is 0 Å². The van der Waals surface area contributed by atoms with Crippen molar-refractivity contribution >= 4 is 11.9 Å². The van der Waals surface area contributed by atoms with E-state index in [1.165, 1.54) is 4.90 Å². The van der Waals surface area contributed by atoms with Crippen molar-refractivity contribution in [2.75, 3.05) is 19.8 Å². The van der Waals surface area contributed by atoms with Crippen molar-refractivity contribution in [2.24, 2.45) is 5.92 Å². The van der Waals surface area contributed by atoms with Crippen LogP contribution in [0.1, 0.15) is 13.3 Å². The SMILES string of the molecule is C#CC(=O)N(CCC)C1COCC1C(=O)O. The van der Waals surface area contributed by atoms with E-state index in [-0.39, 0.29) is 13.2 Å². The largest absolute Gasteiger partial charge is 0.481 e. The number of ether oxygens (including phenoxy) is 1. The molecule has 88 valence electrons. The Labute approximate surface area is 94.4 Å². The predicted molar refractivity (Wildman–Crippen MR) is 56.6 cm³/mol. The summed E-state index contributed by atoms with van der Waals surface area (Å²) in [5, 5.41) is 8.99. The van der Waals surface area contributed by atoms with Gasteiger partial charge in [-0.3, -0.25) is 9.59 Å². The van der Waals surface area contributed by atoms with E-state index in [9.17, 15) is 9.59 Å². The van der Waals surface area contributed by atoms with Crippen LogP contribution in [0.25, 0.3) is 0 Å². The molecule has 1 heterocycles. The van der Waals surface area contributed by atoms with Crippen molar-refractivity contribution in [3.05, 3.63) is 0 Å². The van der Waals surface area contributed by atoms with Crippen LogP contribution in [-0.2, 0) is 14.3 Å². The van der Waals surface area contributed by atoms with Gasteiger partial charge in [-0.05, 0) is 12.3 Å². The third-order valence-corrected chi connectivity index (χ3v) is 2.62. The second-order valence-electron chi connectivity index (χ2n) is 3.69. The highest BCUT2D eigenvalue weighted by atomic mass is 16.5. The van der Waals surface area contributed by atoms with Gasteiger partial charge in [-0.1, -0.05) is 6.92 Å². The van der Waals surface area contributed by atoms with Crippen molar-refractivity contribution in [3.63, 3.8) is 0 Å². The molecule has 1 fully saturated rings. The first-order valence-electron chi connectivity index (χ1n) is 5.19. The summed E-state index contributed by atoms with van der Waals surface area (Å²) in [6.07, 6.45) is 5.80. The van der Waals surface area contributed by atoms with E-state index in [0.717, 1.165) is 6.42 Å². The molecule has 0 radical (unpaired) electrons. The van der Waals surface area contributed by atoms with Crippen LogP contribution in [0.15, 0.2) is 0 Å². The molecule has 0 aromatic heterocycles. The molecule has 2 atom stereocenters. The minimum atomic E-state index is -0.951. The molecule has 0 saturated carbocycles. The number of aliphatic carboxylic acids is 1. The second kappa shape index (κ2) is 5.52. The molecular formula is C11H15NO4. The third kappa shape index (κ3) is 2.52. The zero-order chi connectivity index (χ0) is 12.1. The Balaban J connectivity index is 2.81. The Hall–Kier alpha value is -1.54. The number of rotatable bonds is 4. The van der Waals surface area contributed by atoms with Crippen molar-refractivity contribution in [1.82, 2.24) is 4.90 Å². The molecule has 1 N–H and O–H groups in total. The molecule has 1 aliphatic rings. The van der Waals surface area contributed by atoms with E-state index in [1.54, 1.807) is 0 Å². The van der Waals surface area contributed by atoms with Crippen molar-refractivity contribution in [3.8, 4) is 12.3 Å². The second-order valence-corrected chi connectivity index (χ2v) is 3.69. The van der Waals surface area contributed by atoms with Gasteiger partial charge in [-0.25, -0.2) is 0 Å². The first kappa shape index (κ1) is 12.5. The average molecular weight is 225 g/mol. The van der Waals surface area contributed by atoms with E-state index in [1.807, 2.05) is 12.8 Å². The number of nitrogens with zero attached hydrogens (tertiary/aromatic N) is 1. The molecule has 1 rings (SSSR count). The fraction of sp³-hybridized carbons (Fsp3) is 0.636. The normalized spacial score (nSPS) is 23.8. The Morgan fingerprint density at radius 1 is 1.56 bits per heavy atom. The first-order valence-corrected chi connectivity index (χ1v) is 5.19. The summed E-state index contributed by atoms with van der Waals surface area (Å²) in [6.45, 7) is 2.74. The number of hydrogen-bond acceptors (Lipinski definition) is 3. The molecule has 2 unspecified atom stereocenters. The van der Waals surface area contributed by atoms with Gasteiger partial charge >= 0.3 is 5.97 Å². The summed E-state index contributed by atoms with van der Waals surface area (Å²) >= 11 is 0. The highest BCUT2D eigenvalue weighted by Gasteiger charge is 2.39. The summed E-state index contributed by atoms with van der Waals surface area (Å²) in [6, 6.07) is -0.444. The zero-order valence-electron chi connectivity index (χ0n) is 9.18. The molecule has 0 bridgehead atoms. The van der Waals surface area contributed by atoms with Gasteiger partial charge in [0.2, 0.25) is 0 Å². The number of amides is 1. The van der Waals surface area contributed by atoms with Crippen LogP contribution in [0.5, 0.6) is 0 Å². The summed E-state index contributed by atoms with van der Waals surface area (Å²) < 4.78 is 5.11. The zero-order valence-corrected chi connectivity index (χ0v) is 9.18. The molecule has 16 heavy (non-hydrogen) atoms. The number of hydrogen-bond donors (Lipinski definition) is 1. The van der Waals surface area contributed by atoms with Gasteiger partial charge in [0.1, 0.15) is 5.92 Å². The maximum atomic E-state index is 11.5. The van der Waals surface area contributed by atoms with E-state index in [0.29, 0.717) is 6.54 Å². The molecule has 5 heteroatoms. The highest BCUT2D eigenvalue weighted by molar-refractivity contribution is 5.93. The van der Waals surface area contributed by atoms with Crippen LogP contribution in [0.4, 0.5) is 0 Å². The lowest BCUT2D eigenvalue weighted by Crippen LogP contribution is -2.46. The van der Waals surface area contributed by atoms with E-state index < -0.39 is 23.8 Å². The number of carbonyl (C=O) groups excluding carboxylic acids is 1. The Kier molecular flexibility index (Phi) is 4.32.